The molecule has 1 N–H and O–H groups in total. The molecule has 1 fully saturated rings. The van der Waals surface area contributed by atoms with Crippen LogP contribution in [0.15, 0.2) is 66.7 Å². The first-order valence-electron chi connectivity index (χ1n) is 11.8. The molecule has 2 atom stereocenters. The average molecular weight is 472 g/mol. The Labute approximate surface area is 202 Å². The lowest BCUT2D eigenvalue weighted by atomic mass is 9.89. The summed E-state index contributed by atoms with van der Waals surface area (Å²) in [6.07, 6.45) is -0.488. The van der Waals surface area contributed by atoms with Gasteiger partial charge < -0.3 is 24.2 Å². The van der Waals surface area contributed by atoms with Gasteiger partial charge in [0.2, 0.25) is 0 Å². The molecule has 2 heterocycles. The highest BCUT2D eigenvalue weighted by atomic mass is 16.6. The molecule has 1 aliphatic carbocycles. The summed E-state index contributed by atoms with van der Waals surface area (Å²) in [5.74, 6) is -0.797. The third kappa shape index (κ3) is 3.77. The number of hydrogen-bond donors (Lipinski definition) is 1. The number of amides is 1. The third-order valence-corrected chi connectivity index (χ3v) is 7.23. The van der Waals surface area contributed by atoms with Crippen LogP contribution >= 0.6 is 0 Å². The van der Waals surface area contributed by atoms with E-state index in [1.165, 1.54) is 4.90 Å². The van der Waals surface area contributed by atoms with Gasteiger partial charge in [-0.1, -0.05) is 54.6 Å². The number of carboxylic acid groups (broad SMARTS) is 1. The summed E-state index contributed by atoms with van der Waals surface area (Å²) in [5.41, 5.74) is 5.42. The van der Waals surface area contributed by atoms with Gasteiger partial charge in [-0.15, -0.1) is 0 Å². The van der Waals surface area contributed by atoms with Crippen molar-refractivity contribution in [2.45, 2.75) is 11.8 Å². The first-order chi connectivity index (χ1) is 17.1. The van der Waals surface area contributed by atoms with E-state index in [0.717, 1.165) is 27.8 Å². The summed E-state index contributed by atoms with van der Waals surface area (Å²) < 4.78 is 17.0. The number of aliphatic carboxylic acids is 1. The highest BCUT2D eigenvalue weighted by molar-refractivity contribution is 5.79. The van der Waals surface area contributed by atoms with Gasteiger partial charge in [0.15, 0.2) is 11.5 Å². The minimum atomic E-state index is -0.932. The van der Waals surface area contributed by atoms with Crippen molar-refractivity contribution in [3.8, 4) is 22.6 Å². The van der Waals surface area contributed by atoms with Crippen LogP contribution in [0.1, 0.15) is 28.5 Å². The quantitative estimate of drug-likeness (QED) is 0.603. The Morgan fingerprint density at radius 2 is 1.54 bits per heavy atom. The Morgan fingerprint density at radius 3 is 2.23 bits per heavy atom. The summed E-state index contributed by atoms with van der Waals surface area (Å²) in [6.45, 7) is 1.52. The molecule has 1 amide bonds. The van der Waals surface area contributed by atoms with Gasteiger partial charge in [0.25, 0.3) is 0 Å². The van der Waals surface area contributed by atoms with Crippen LogP contribution in [0.25, 0.3) is 11.1 Å². The molecule has 6 rings (SSSR count). The van der Waals surface area contributed by atoms with E-state index in [-0.39, 0.29) is 31.5 Å². The Balaban J connectivity index is 1.19. The molecular weight excluding hydrogens is 446 g/mol. The molecule has 2 unspecified atom stereocenters. The molecule has 0 bridgehead atoms. The maximum absolute atomic E-state index is 13.1. The number of nitrogens with zero attached hydrogens (tertiary/aromatic N) is 1. The van der Waals surface area contributed by atoms with Crippen molar-refractivity contribution in [3.05, 3.63) is 83.4 Å². The zero-order valence-corrected chi connectivity index (χ0v) is 19.1. The predicted molar refractivity (Wildman–Crippen MR) is 128 cm³/mol. The normalized spacial score (nSPS) is 20.3. The second-order valence-corrected chi connectivity index (χ2v) is 9.16. The molecular formula is C28H25NO6. The standard InChI is InChI=1S/C28H25NO6/c30-27(31)23-15-29(14-22(23)17-9-10-25-26(13-17)34-12-11-33-25)28(32)35-16-24-20-7-3-1-5-18(20)19-6-2-4-8-21(19)24/h1-10,13,22-24H,11-12,14-16H2,(H,30,31). The Kier molecular flexibility index (Phi) is 5.32. The number of hydrogen-bond acceptors (Lipinski definition) is 5. The SMILES string of the molecule is O=C(O)C1CN(C(=O)OCC2c3ccccc3-c3ccccc32)CC1c1ccc2c(c1)OCCO2. The van der Waals surface area contributed by atoms with E-state index in [2.05, 4.69) is 24.3 Å². The number of rotatable bonds is 4. The molecule has 0 radical (unpaired) electrons. The third-order valence-electron chi connectivity index (χ3n) is 7.23. The zero-order chi connectivity index (χ0) is 23.9. The smallest absolute Gasteiger partial charge is 0.409 e. The van der Waals surface area contributed by atoms with Crippen molar-refractivity contribution in [1.29, 1.82) is 0 Å². The van der Waals surface area contributed by atoms with Crippen LogP contribution in [-0.4, -0.2) is 55.0 Å². The van der Waals surface area contributed by atoms with Crippen LogP contribution in [0.5, 0.6) is 11.5 Å². The number of carbonyl (C=O) groups is 2. The van der Waals surface area contributed by atoms with Crippen molar-refractivity contribution in [2.75, 3.05) is 32.9 Å². The fraction of sp³-hybridized carbons (Fsp3) is 0.286. The van der Waals surface area contributed by atoms with Crippen LogP contribution in [0.4, 0.5) is 4.79 Å². The van der Waals surface area contributed by atoms with E-state index in [1.54, 1.807) is 6.07 Å². The summed E-state index contributed by atoms with van der Waals surface area (Å²) in [5, 5.41) is 9.87. The summed E-state index contributed by atoms with van der Waals surface area (Å²) in [4.78, 5) is 26.6. The molecule has 178 valence electrons. The zero-order valence-electron chi connectivity index (χ0n) is 19.1. The van der Waals surface area contributed by atoms with Gasteiger partial charge in [0.05, 0.1) is 5.92 Å². The molecule has 2 aliphatic heterocycles. The van der Waals surface area contributed by atoms with E-state index in [1.807, 2.05) is 36.4 Å². The van der Waals surface area contributed by atoms with Gasteiger partial charge in [0.1, 0.15) is 19.8 Å². The summed E-state index contributed by atoms with van der Waals surface area (Å²) >= 11 is 0. The number of benzene rings is 3. The molecule has 35 heavy (non-hydrogen) atoms. The fourth-order valence-electron chi connectivity index (χ4n) is 5.52. The molecule has 3 aromatic carbocycles. The van der Waals surface area contributed by atoms with Crippen LogP contribution < -0.4 is 9.47 Å². The molecule has 3 aromatic rings. The topological polar surface area (TPSA) is 85.3 Å². The molecule has 7 nitrogen and oxygen atoms in total. The van der Waals surface area contributed by atoms with Gasteiger partial charge in [-0.05, 0) is 39.9 Å². The highest BCUT2D eigenvalue weighted by Gasteiger charge is 2.42. The second kappa shape index (κ2) is 8.65. The van der Waals surface area contributed by atoms with Gasteiger partial charge in [-0.2, -0.15) is 0 Å². The van der Waals surface area contributed by atoms with Crippen LogP contribution in [0.2, 0.25) is 0 Å². The van der Waals surface area contributed by atoms with E-state index >= 15 is 0 Å². The fourth-order valence-corrected chi connectivity index (χ4v) is 5.52. The largest absolute Gasteiger partial charge is 0.486 e. The van der Waals surface area contributed by atoms with Crippen molar-refractivity contribution in [1.82, 2.24) is 4.90 Å². The van der Waals surface area contributed by atoms with Gasteiger partial charge in [-0.25, -0.2) is 4.79 Å². The maximum Gasteiger partial charge on any atom is 0.409 e. The number of fused-ring (bicyclic) bond motifs is 4. The Hall–Kier alpha value is -4.00. The van der Waals surface area contributed by atoms with Gasteiger partial charge in [0, 0.05) is 24.9 Å². The minimum absolute atomic E-state index is 0.0437. The summed E-state index contributed by atoms with van der Waals surface area (Å²) in [6, 6.07) is 21.8. The first kappa shape index (κ1) is 21.5. The number of carboxylic acids is 1. The predicted octanol–water partition coefficient (Wildman–Crippen LogP) is 4.51. The van der Waals surface area contributed by atoms with Crippen molar-refractivity contribution >= 4 is 12.1 Å². The van der Waals surface area contributed by atoms with Crippen LogP contribution in [0, 0.1) is 5.92 Å². The van der Waals surface area contributed by atoms with Crippen LogP contribution in [0.3, 0.4) is 0 Å². The second-order valence-electron chi connectivity index (χ2n) is 9.16. The lowest BCUT2D eigenvalue weighted by Gasteiger charge is -2.21. The van der Waals surface area contributed by atoms with E-state index in [9.17, 15) is 14.7 Å². The Morgan fingerprint density at radius 1 is 0.886 bits per heavy atom. The van der Waals surface area contributed by atoms with Gasteiger partial charge >= 0.3 is 12.1 Å². The Bertz CT molecular complexity index is 1260. The molecule has 3 aliphatic rings. The molecule has 0 spiro atoms. The van der Waals surface area contributed by atoms with Crippen molar-refractivity contribution in [2.24, 2.45) is 5.92 Å². The average Bonchev–Trinajstić information content (AvgIpc) is 3.48. The monoisotopic (exact) mass is 471 g/mol. The van der Waals surface area contributed by atoms with E-state index in [0.29, 0.717) is 24.7 Å². The van der Waals surface area contributed by atoms with Crippen molar-refractivity contribution in [3.63, 3.8) is 0 Å². The molecule has 0 aromatic heterocycles. The lowest BCUT2D eigenvalue weighted by molar-refractivity contribution is -0.141. The highest BCUT2D eigenvalue weighted by Crippen LogP contribution is 2.45. The van der Waals surface area contributed by atoms with E-state index in [4.69, 9.17) is 14.2 Å². The number of carbonyl (C=O) groups excluding carboxylic acids is 1. The number of likely N-dealkylation sites (tertiary alicyclic amines) is 1. The number of ether oxygens (including phenoxy) is 3. The minimum Gasteiger partial charge on any atom is -0.486 e. The molecule has 1 saturated heterocycles. The summed E-state index contributed by atoms with van der Waals surface area (Å²) in [7, 11) is 0. The molecule has 7 heteroatoms. The molecule has 0 saturated carbocycles. The van der Waals surface area contributed by atoms with Crippen molar-refractivity contribution < 1.29 is 28.9 Å². The first-order valence-corrected chi connectivity index (χ1v) is 11.8. The van der Waals surface area contributed by atoms with E-state index < -0.39 is 18.0 Å². The lowest BCUT2D eigenvalue weighted by Crippen LogP contribution is -2.31. The van der Waals surface area contributed by atoms with Crippen LogP contribution in [-0.2, 0) is 9.53 Å². The maximum atomic E-state index is 13.1. The van der Waals surface area contributed by atoms with Gasteiger partial charge in [-0.3, -0.25) is 4.79 Å².